The van der Waals surface area contributed by atoms with Crippen LogP contribution in [-0.4, -0.2) is 38.2 Å². The van der Waals surface area contributed by atoms with Gasteiger partial charge in [-0.15, -0.1) is 0 Å². The van der Waals surface area contributed by atoms with Gasteiger partial charge in [0.1, 0.15) is 5.82 Å². The van der Waals surface area contributed by atoms with Crippen molar-refractivity contribution in [2.24, 2.45) is 5.92 Å². The summed E-state index contributed by atoms with van der Waals surface area (Å²) in [6.45, 7) is 3.41. The van der Waals surface area contributed by atoms with Gasteiger partial charge in [0.05, 0.1) is 7.11 Å². The van der Waals surface area contributed by atoms with Crippen molar-refractivity contribution in [3.63, 3.8) is 0 Å². The first kappa shape index (κ1) is 17.6. The number of nitrogens with one attached hydrogen (secondary N) is 1. The molecule has 0 aromatic heterocycles. The standard InChI is InChI=1S/C16H25FN2O2/c1-13(10-14-6-4-7-15(17)12-14)11-16(20)18-8-5-9-19(2)21-3/h4,6-7,12-13H,5,8-11H2,1-3H3,(H,18,20). The molecule has 0 aliphatic carbocycles. The number of carbonyl (C=O) groups is 1. The Morgan fingerprint density at radius 2 is 2.24 bits per heavy atom. The fraction of sp³-hybridized carbons (Fsp3) is 0.562. The van der Waals surface area contributed by atoms with Crippen molar-refractivity contribution in [3.8, 4) is 0 Å². The molecule has 0 bridgehead atoms. The van der Waals surface area contributed by atoms with E-state index < -0.39 is 0 Å². The van der Waals surface area contributed by atoms with E-state index in [0.717, 1.165) is 18.5 Å². The largest absolute Gasteiger partial charge is 0.356 e. The highest BCUT2D eigenvalue weighted by Gasteiger charge is 2.10. The molecule has 21 heavy (non-hydrogen) atoms. The molecule has 1 amide bonds. The zero-order valence-electron chi connectivity index (χ0n) is 13.1. The second-order valence-corrected chi connectivity index (χ2v) is 5.38. The lowest BCUT2D eigenvalue weighted by atomic mass is 9.98. The van der Waals surface area contributed by atoms with Crippen LogP contribution in [0.5, 0.6) is 0 Å². The van der Waals surface area contributed by atoms with Crippen LogP contribution in [0, 0.1) is 11.7 Å². The molecule has 4 nitrogen and oxygen atoms in total. The molecule has 1 unspecified atom stereocenters. The van der Waals surface area contributed by atoms with Gasteiger partial charge in [-0.2, -0.15) is 5.06 Å². The van der Waals surface area contributed by atoms with Gasteiger partial charge in [-0.1, -0.05) is 19.1 Å². The molecule has 1 atom stereocenters. The first-order valence-corrected chi connectivity index (χ1v) is 7.27. The summed E-state index contributed by atoms with van der Waals surface area (Å²) >= 11 is 0. The van der Waals surface area contributed by atoms with Crippen LogP contribution in [-0.2, 0) is 16.1 Å². The fourth-order valence-corrected chi connectivity index (χ4v) is 2.15. The van der Waals surface area contributed by atoms with Gasteiger partial charge in [0.15, 0.2) is 0 Å². The molecule has 1 aromatic carbocycles. The molecule has 5 heteroatoms. The fourth-order valence-electron chi connectivity index (χ4n) is 2.15. The average Bonchev–Trinajstić information content (AvgIpc) is 2.43. The van der Waals surface area contributed by atoms with E-state index in [4.69, 9.17) is 4.84 Å². The van der Waals surface area contributed by atoms with Gasteiger partial charge < -0.3 is 10.2 Å². The van der Waals surface area contributed by atoms with E-state index >= 15 is 0 Å². The lowest BCUT2D eigenvalue weighted by Crippen LogP contribution is -2.29. The molecular formula is C16H25FN2O2. The molecular weight excluding hydrogens is 271 g/mol. The van der Waals surface area contributed by atoms with Gasteiger partial charge in [0, 0.05) is 26.6 Å². The van der Waals surface area contributed by atoms with Gasteiger partial charge in [-0.05, 0) is 36.5 Å². The molecule has 1 N–H and O–H groups in total. The van der Waals surface area contributed by atoms with E-state index in [1.807, 2.05) is 20.0 Å². The maximum atomic E-state index is 13.1. The van der Waals surface area contributed by atoms with Crippen molar-refractivity contribution >= 4 is 5.91 Å². The zero-order chi connectivity index (χ0) is 15.7. The summed E-state index contributed by atoms with van der Waals surface area (Å²) in [6.07, 6.45) is 2.00. The number of amides is 1. The third-order valence-corrected chi connectivity index (χ3v) is 3.29. The molecule has 0 spiro atoms. The maximum absolute atomic E-state index is 13.1. The van der Waals surface area contributed by atoms with Crippen molar-refractivity contribution in [2.75, 3.05) is 27.2 Å². The first-order chi connectivity index (χ1) is 10.0. The number of carbonyl (C=O) groups excluding carboxylic acids is 1. The highest BCUT2D eigenvalue weighted by molar-refractivity contribution is 5.76. The van der Waals surface area contributed by atoms with Crippen molar-refractivity contribution in [1.82, 2.24) is 10.4 Å². The number of hydrogen-bond donors (Lipinski definition) is 1. The van der Waals surface area contributed by atoms with Crippen LogP contribution < -0.4 is 5.32 Å². The van der Waals surface area contributed by atoms with Crippen LogP contribution in [0.4, 0.5) is 4.39 Å². The van der Waals surface area contributed by atoms with Gasteiger partial charge in [-0.3, -0.25) is 4.79 Å². The zero-order valence-corrected chi connectivity index (χ0v) is 13.1. The van der Waals surface area contributed by atoms with E-state index in [1.165, 1.54) is 12.1 Å². The molecule has 0 aliphatic heterocycles. The third-order valence-electron chi connectivity index (χ3n) is 3.29. The predicted octanol–water partition coefficient (Wildman–Crippen LogP) is 2.39. The molecule has 1 rings (SSSR count). The summed E-state index contributed by atoms with van der Waals surface area (Å²) in [5.41, 5.74) is 0.928. The van der Waals surface area contributed by atoms with E-state index in [2.05, 4.69) is 5.32 Å². The Labute approximate surface area is 126 Å². The summed E-state index contributed by atoms with van der Waals surface area (Å²) in [5, 5.41) is 4.62. The van der Waals surface area contributed by atoms with Gasteiger partial charge >= 0.3 is 0 Å². The van der Waals surface area contributed by atoms with E-state index in [9.17, 15) is 9.18 Å². The Morgan fingerprint density at radius 1 is 1.48 bits per heavy atom. The SMILES string of the molecule is CON(C)CCCNC(=O)CC(C)Cc1cccc(F)c1. The van der Waals surface area contributed by atoms with Crippen LogP contribution in [0.2, 0.25) is 0 Å². The van der Waals surface area contributed by atoms with Gasteiger partial charge in [-0.25, -0.2) is 4.39 Å². The number of nitrogens with zero attached hydrogens (tertiary/aromatic N) is 1. The Balaban J connectivity index is 2.21. The van der Waals surface area contributed by atoms with Crippen molar-refractivity contribution in [2.45, 2.75) is 26.2 Å². The first-order valence-electron chi connectivity index (χ1n) is 7.27. The van der Waals surface area contributed by atoms with Gasteiger partial charge in [0.2, 0.25) is 5.91 Å². The van der Waals surface area contributed by atoms with Crippen LogP contribution in [0.3, 0.4) is 0 Å². The molecule has 0 radical (unpaired) electrons. The summed E-state index contributed by atoms with van der Waals surface area (Å²) in [6, 6.07) is 6.54. The summed E-state index contributed by atoms with van der Waals surface area (Å²) < 4.78 is 13.1. The maximum Gasteiger partial charge on any atom is 0.220 e. The topological polar surface area (TPSA) is 41.6 Å². The highest BCUT2D eigenvalue weighted by atomic mass is 19.1. The number of halogens is 1. The molecule has 0 heterocycles. The van der Waals surface area contributed by atoms with Crippen LogP contribution in [0.15, 0.2) is 24.3 Å². The third kappa shape index (κ3) is 7.78. The Hall–Kier alpha value is -1.46. The second-order valence-electron chi connectivity index (χ2n) is 5.38. The second kappa shape index (κ2) is 9.47. The highest BCUT2D eigenvalue weighted by Crippen LogP contribution is 2.12. The van der Waals surface area contributed by atoms with E-state index in [0.29, 0.717) is 19.4 Å². The Morgan fingerprint density at radius 3 is 2.90 bits per heavy atom. The molecule has 0 saturated heterocycles. The number of hydroxylamine groups is 2. The number of hydrogen-bond acceptors (Lipinski definition) is 3. The predicted molar refractivity (Wildman–Crippen MR) is 81.2 cm³/mol. The van der Waals surface area contributed by atoms with E-state index in [1.54, 1.807) is 18.2 Å². The van der Waals surface area contributed by atoms with Crippen molar-refractivity contribution in [3.05, 3.63) is 35.6 Å². The van der Waals surface area contributed by atoms with Gasteiger partial charge in [0.25, 0.3) is 0 Å². The summed E-state index contributed by atoms with van der Waals surface area (Å²) in [5.74, 6) is -0.00108. The number of benzene rings is 1. The number of rotatable bonds is 9. The lowest BCUT2D eigenvalue weighted by molar-refractivity contribution is -0.122. The minimum Gasteiger partial charge on any atom is -0.356 e. The van der Waals surface area contributed by atoms with Crippen molar-refractivity contribution in [1.29, 1.82) is 0 Å². The molecule has 0 saturated carbocycles. The monoisotopic (exact) mass is 296 g/mol. The lowest BCUT2D eigenvalue weighted by Gasteiger charge is -2.14. The smallest absolute Gasteiger partial charge is 0.220 e. The summed E-state index contributed by atoms with van der Waals surface area (Å²) in [7, 11) is 3.47. The van der Waals surface area contributed by atoms with Crippen LogP contribution in [0.25, 0.3) is 0 Å². The average molecular weight is 296 g/mol. The normalized spacial score (nSPS) is 12.4. The molecule has 1 aromatic rings. The summed E-state index contributed by atoms with van der Waals surface area (Å²) in [4.78, 5) is 16.8. The Bertz CT molecular complexity index is 440. The minimum atomic E-state index is -0.230. The van der Waals surface area contributed by atoms with Crippen LogP contribution >= 0.6 is 0 Å². The minimum absolute atomic E-state index is 0.0407. The molecule has 0 fully saturated rings. The van der Waals surface area contributed by atoms with E-state index in [-0.39, 0.29) is 17.6 Å². The molecule has 0 aliphatic rings. The van der Waals surface area contributed by atoms with Crippen molar-refractivity contribution < 1.29 is 14.0 Å². The quantitative estimate of drug-likeness (QED) is 0.562. The van der Waals surface area contributed by atoms with Crippen LogP contribution in [0.1, 0.15) is 25.3 Å². The molecule has 118 valence electrons. The Kier molecular flexibility index (Phi) is 7.93.